The van der Waals surface area contributed by atoms with Gasteiger partial charge in [0.1, 0.15) is 17.9 Å². The molecule has 0 amide bonds. The Bertz CT molecular complexity index is 962. The number of methoxy groups -OCH3 is 1. The van der Waals surface area contributed by atoms with Gasteiger partial charge in [-0.2, -0.15) is 5.26 Å². The number of carboxylic acid groups (broad SMARTS) is 1. The number of pyridine rings is 1. The van der Waals surface area contributed by atoms with Crippen LogP contribution in [0.1, 0.15) is 42.5 Å². The first kappa shape index (κ1) is 25.3. The molecule has 0 saturated heterocycles. The molecule has 1 unspecified atom stereocenters. The van der Waals surface area contributed by atoms with Crippen molar-refractivity contribution >= 4 is 17.7 Å². The zero-order valence-electron chi connectivity index (χ0n) is 19.7. The first-order valence-corrected chi connectivity index (χ1v) is 11.7. The van der Waals surface area contributed by atoms with Gasteiger partial charge in [0.15, 0.2) is 0 Å². The van der Waals surface area contributed by atoms with E-state index in [0.29, 0.717) is 25.1 Å². The van der Waals surface area contributed by atoms with Crippen LogP contribution in [0.3, 0.4) is 0 Å². The lowest BCUT2D eigenvalue weighted by atomic mass is 10.1. The number of hydrogen-bond acceptors (Lipinski definition) is 9. The van der Waals surface area contributed by atoms with Crippen LogP contribution in [0.15, 0.2) is 24.5 Å². The summed E-state index contributed by atoms with van der Waals surface area (Å²) >= 11 is 0. The molecule has 0 radical (unpaired) electrons. The number of carbonyl (C=O) groups is 1. The molecule has 182 valence electrons. The maximum atomic E-state index is 11.7. The van der Waals surface area contributed by atoms with E-state index in [1.807, 2.05) is 6.07 Å². The summed E-state index contributed by atoms with van der Waals surface area (Å²) in [6.07, 6.45) is 8.29. The fraction of sp³-hybridized carbons (Fsp3) is 0.542. The number of nitrogens with one attached hydrogen (secondary N) is 2. The van der Waals surface area contributed by atoms with E-state index in [-0.39, 0.29) is 5.95 Å². The largest absolute Gasteiger partial charge is 0.480 e. The number of anilines is 2. The monoisotopic (exact) mass is 467 g/mol. The Kier molecular flexibility index (Phi) is 10.0. The average molecular weight is 468 g/mol. The first-order chi connectivity index (χ1) is 16.6. The molecule has 0 bridgehead atoms. The van der Waals surface area contributed by atoms with Gasteiger partial charge in [-0.05, 0) is 56.7 Å². The van der Waals surface area contributed by atoms with Gasteiger partial charge in [0.25, 0.3) is 0 Å². The van der Waals surface area contributed by atoms with E-state index >= 15 is 0 Å². The van der Waals surface area contributed by atoms with E-state index in [1.54, 1.807) is 7.11 Å². The number of aryl methyl sites for hydroxylation is 2. The Balaban J connectivity index is 1.46. The average Bonchev–Trinajstić information content (AvgIpc) is 2.86. The molecule has 1 aliphatic rings. The summed E-state index contributed by atoms with van der Waals surface area (Å²) in [6.45, 7) is 3.76. The van der Waals surface area contributed by atoms with Crippen molar-refractivity contribution in [3.63, 3.8) is 0 Å². The third-order valence-corrected chi connectivity index (χ3v) is 5.84. The Morgan fingerprint density at radius 2 is 2.12 bits per heavy atom. The highest BCUT2D eigenvalue weighted by Gasteiger charge is 2.20. The minimum absolute atomic E-state index is 0.196. The van der Waals surface area contributed by atoms with Gasteiger partial charge in [0.2, 0.25) is 5.95 Å². The van der Waals surface area contributed by atoms with Gasteiger partial charge < -0.3 is 25.4 Å². The minimum atomic E-state index is -0.966. The molecule has 2 aromatic heterocycles. The predicted octanol–water partition coefficient (Wildman–Crippen LogP) is 2.33. The summed E-state index contributed by atoms with van der Waals surface area (Å²) in [7, 11) is 1.66. The maximum Gasteiger partial charge on any atom is 0.326 e. The number of carboxylic acids is 1. The van der Waals surface area contributed by atoms with Gasteiger partial charge in [0, 0.05) is 32.4 Å². The number of rotatable bonds is 14. The Hall–Kier alpha value is -3.29. The highest BCUT2D eigenvalue weighted by Crippen LogP contribution is 2.20. The normalized spacial score (nSPS) is 13.6. The van der Waals surface area contributed by atoms with Crippen LogP contribution in [-0.2, 0) is 22.4 Å². The number of hydrogen-bond donors (Lipinski definition) is 3. The van der Waals surface area contributed by atoms with E-state index in [0.717, 1.165) is 63.3 Å². The lowest BCUT2D eigenvalue weighted by Crippen LogP contribution is -2.37. The number of nitrogens with zero attached hydrogens (tertiary/aromatic N) is 5. The molecule has 10 heteroatoms. The SMILES string of the molecule is COCCN(CCCCc1ccc2c(n1)NCCC2)CCC(Nc1ncc(C#N)cn1)C(=O)O. The number of fused-ring (bicyclic) bond motifs is 1. The number of aliphatic carboxylic acids is 1. The van der Waals surface area contributed by atoms with Crippen molar-refractivity contribution in [3.05, 3.63) is 41.3 Å². The van der Waals surface area contributed by atoms with Crippen LogP contribution in [0.25, 0.3) is 0 Å². The van der Waals surface area contributed by atoms with Crippen LogP contribution in [0, 0.1) is 11.3 Å². The number of ether oxygens (including phenoxy) is 1. The molecular weight excluding hydrogens is 434 g/mol. The maximum absolute atomic E-state index is 11.7. The second-order valence-corrected chi connectivity index (χ2v) is 8.36. The van der Waals surface area contributed by atoms with Crippen molar-refractivity contribution in [2.45, 2.75) is 44.6 Å². The van der Waals surface area contributed by atoms with Crippen LogP contribution < -0.4 is 10.6 Å². The fourth-order valence-corrected chi connectivity index (χ4v) is 3.89. The van der Waals surface area contributed by atoms with Crippen molar-refractivity contribution < 1.29 is 14.6 Å². The molecule has 1 atom stereocenters. The zero-order chi connectivity index (χ0) is 24.2. The van der Waals surface area contributed by atoms with Crippen LogP contribution in [0.2, 0.25) is 0 Å². The second kappa shape index (κ2) is 13.4. The summed E-state index contributed by atoms with van der Waals surface area (Å²) in [5.41, 5.74) is 2.73. The van der Waals surface area contributed by atoms with Gasteiger partial charge in [-0.1, -0.05) is 6.07 Å². The van der Waals surface area contributed by atoms with Gasteiger partial charge in [-0.25, -0.2) is 19.7 Å². The quantitative estimate of drug-likeness (QED) is 0.355. The number of aromatic nitrogens is 3. The molecule has 0 aliphatic carbocycles. The van der Waals surface area contributed by atoms with E-state index in [1.165, 1.54) is 18.0 Å². The molecule has 3 N–H and O–H groups in total. The van der Waals surface area contributed by atoms with Gasteiger partial charge >= 0.3 is 5.97 Å². The summed E-state index contributed by atoms with van der Waals surface area (Å²) in [4.78, 5) is 26.8. The molecule has 34 heavy (non-hydrogen) atoms. The van der Waals surface area contributed by atoms with Gasteiger partial charge in [-0.3, -0.25) is 0 Å². The first-order valence-electron chi connectivity index (χ1n) is 11.7. The number of unbranched alkanes of at least 4 members (excludes halogenated alkanes) is 1. The molecule has 0 fully saturated rings. The Morgan fingerprint density at radius 1 is 1.29 bits per heavy atom. The third-order valence-electron chi connectivity index (χ3n) is 5.84. The van der Waals surface area contributed by atoms with Gasteiger partial charge in [0.05, 0.1) is 24.6 Å². The molecule has 0 spiro atoms. The van der Waals surface area contributed by atoms with Crippen LogP contribution >= 0.6 is 0 Å². The Labute approximate surface area is 200 Å². The third kappa shape index (κ3) is 7.93. The zero-order valence-corrected chi connectivity index (χ0v) is 19.7. The molecule has 1 aliphatic heterocycles. The van der Waals surface area contributed by atoms with Crippen molar-refractivity contribution in [2.75, 3.05) is 50.5 Å². The smallest absolute Gasteiger partial charge is 0.326 e. The van der Waals surface area contributed by atoms with Crippen LogP contribution in [0.5, 0.6) is 0 Å². The topological polar surface area (TPSA) is 136 Å². The lowest BCUT2D eigenvalue weighted by Gasteiger charge is -2.24. The summed E-state index contributed by atoms with van der Waals surface area (Å²) < 4.78 is 5.24. The molecular formula is C24H33N7O3. The minimum Gasteiger partial charge on any atom is -0.480 e. The predicted molar refractivity (Wildman–Crippen MR) is 129 cm³/mol. The van der Waals surface area contributed by atoms with E-state index in [2.05, 4.69) is 37.6 Å². The van der Waals surface area contributed by atoms with Crippen molar-refractivity contribution in [1.29, 1.82) is 5.26 Å². The van der Waals surface area contributed by atoms with Gasteiger partial charge in [-0.15, -0.1) is 0 Å². The number of nitriles is 1. The second-order valence-electron chi connectivity index (χ2n) is 8.36. The highest BCUT2D eigenvalue weighted by atomic mass is 16.5. The molecule has 0 aromatic carbocycles. The highest BCUT2D eigenvalue weighted by molar-refractivity contribution is 5.76. The van der Waals surface area contributed by atoms with Crippen molar-refractivity contribution in [3.8, 4) is 6.07 Å². The molecule has 3 rings (SSSR count). The van der Waals surface area contributed by atoms with Crippen molar-refractivity contribution in [1.82, 2.24) is 19.9 Å². The van der Waals surface area contributed by atoms with E-state index in [9.17, 15) is 9.90 Å². The molecule has 10 nitrogen and oxygen atoms in total. The summed E-state index contributed by atoms with van der Waals surface area (Å²) in [5, 5.41) is 24.7. The van der Waals surface area contributed by atoms with Crippen LogP contribution in [-0.4, -0.2) is 76.9 Å². The standard InChI is InChI=1S/C24H33N7O3/c1-34-14-13-31(11-3-2-6-20-8-7-19-5-4-10-26-22(19)29-20)12-9-21(23(32)33)30-24-27-16-18(15-25)17-28-24/h7-8,16-17,21H,2-6,9-14H2,1H3,(H,26,29)(H,32,33)(H,27,28,30). The van der Waals surface area contributed by atoms with Crippen LogP contribution in [0.4, 0.5) is 11.8 Å². The molecule has 3 heterocycles. The molecule has 0 saturated carbocycles. The van der Waals surface area contributed by atoms with Crippen molar-refractivity contribution in [2.24, 2.45) is 0 Å². The van der Waals surface area contributed by atoms with E-state index in [4.69, 9.17) is 15.0 Å². The lowest BCUT2D eigenvalue weighted by molar-refractivity contribution is -0.138. The molecule has 2 aromatic rings. The summed E-state index contributed by atoms with van der Waals surface area (Å²) in [6, 6.07) is 5.43. The Morgan fingerprint density at radius 3 is 2.85 bits per heavy atom. The van der Waals surface area contributed by atoms with E-state index < -0.39 is 12.0 Å². The fourth-order valence-electron chi connectivity index (χ4n) is 3.89. The summed E-state index contributed by atoms with van der Waals surface area (Å²) in [5.74, 6) is 0.262.